The predicted octanol–water partition coefficient (Wildman–Crippen LogP) is -6.39. The Morgan fingerprint density at radius 2 is 1.36 bits per heavy atom. The van der Waals surface area contributed by atoms with Crippen molar-refractivity contribution in [1.82, 2.24) is 16.0 Å². The third kappa shape index (κ3) is 6.34. The molecule has 0 unspecified atom stereocenters. The van der Waals surface area contributed by atoms with Gasteiger partial charge in [-0.1, -0.05) is 0 Å². The number of aliphatic hydroxyl groups is 7. The number of hydrogen-bond donors (Lipinski definition) is 10. The van der Waals surface area contributed by atoms with Gasteiger partial charge in [0.2, 0.25) is 11.8 Å². The maximum Gasteiger partial charge on any atom is 0.285 e. The van der Waals surface area contributed by atoms with Crippen LogP contribution in [0.1, 0.15) is 13.8 Å². The molecular formula is C24H40N4O14. The molecule has 3 saturated heterocycles. The number of ether oxygens (including phenoxy) is 5. The summed E-state index contributed by atoms with van der Waals surface area (Å²) in [7, 11) is 1.49. The molecule has 2 amide bonds. The molecule has 0 aromatic heterocycles. The Labute approximate surface area is 240 Å². The molecule has 10 N–H and O–H groups in total. The van der Waals surface area contributed by atoms with E-state index in [1.807, 2.05) is 0 Å². The fourth-order valence-corrected chi connectivity index (χ4v) is 5.88. The van der Waals surface area contributed by atoms with Crippen LogP contribution < -0.4 is 16.0 Å². The lowest BCUT2D eigenvalue weighted by Gasteiger charge is -2.48. The molecule has 3 aliphatic heterocycles. The van der Waals surface area contributed by atoms with E-state index in [2.05, 4.69) is 20.9 Å². The smallest absolute Gasteiger partial charge is 0.285 e. The highest BCUT2D eigenvalue weighted by atomic mass is 16.7. The van der Waals surface area contributed by atoms with Crippen LogP contribution in [0.4, 0.5) is 0 Å². The Hall–Kier alpha value is -2.23. The third-order valence-corrected chi connectivity index (χ3v) is 7.91. The molecule has 4 aliphatic rings. The number of carbonyl (C=O) groups is 2. The Morgan fingerprint density at radius 1 is 0.810 bits per heavy atom. The molecule has 0 aromatic carbocycles. The van der Waals surface area contributed by atoms with E-state index in [0.29, 0.717) is 0 Å². The van der Waals surface area contributed by atoms with Crippen molar-refractivity contribution in [2.75, 3.05) is 26.9 Å². The van der Waals surface area contributed by atoms with Crippen molar-refractivity contribution in [3.8, 4) is 0 Å². The summed E-state index contributed by atoms with van der Waals surface area (Å²) in [5, 5.41) is 81.0. The van der Waals surface area contributed by atoms with Crippen LogP contribution in [0.5, 0.6) is 0 Å². The molecule has 18 nitrogen and oxygen atoms in total. The summed E-state index contributed by atoms with van der Waals surface area (Å²) in [6.07, 6.45) is -15.1. The first-order valence-electron chi connectivity index (χ1n) is 13.6. The minimum atomic E-state index is -1.67. The number of carbonyl (C=O) groups excluding carboxylic acids is 2. The van der Waals surface area contributed by atoms with Gasteiger partial charge in [0.25, 0.3) is 6.02 Å². The highest BCUT2D eigenvalue weighted by Gasteiger charge is 2.59. The minimum Gasteiger partial charge on any atom is -0.459 e. The van der Waals surface area contributed by atoms with Crippen molar-refractivity contribution in [2.24, 2.45) is 10.9 Å². The molecular weight excluding hydrogens is 568 g/mol. The first kappa shape index (κ1) is 32.7. The van der Waals surface area contributed by atoms with Gasteiger partial charge in [0.05, 0.1) is 37.9 Å². The third-order valence-electron chi connectivity index (χ3n) is 7.91. The number of nitrogens with one attached hydrogen (secondary N) is 3. The largest absolute Gasteiger partial charge is 0.459 e. The highest BCUT2D eigenvalue weighted by Crippen LogP contribution is 2.38. The number of nitrogens with zero attached hydrogens (tertiary/aromatic N) is 1. The normalized spacial score (nSPS) is 46.0. The number of fused-ring (bicyclic) bond motifs is 1. The number of amidine groups is 1. The van der Waals surface area contributed by atoms with E-state index in [9.17, 15) is 45.3 Å². The molecule has 0 bridgehead atoms. The molecule has 15 atom stereocenters. The summed E-state index contributed by atoms with van der Waals surface area (Å²) in [5.41, 5.74) is 0. The first-order chi connectivity index (χ1) is 19.9. The fraction of sp³-hybridized carbons (Fsp3) is 0.875. The lowest BCUT2D eigenvalue weighted by atomic mass is 9.94. The molecule has 42 heavy (non-hydrogen) atoms. The number of aliphatic hydroxyl groups excluding tert-OH is 7. The van der Waals surface area contributed by atoms with Gasteiger partial charge in [0.15, 0.2) is 12.6 Å². The van der Waals surface area contributed by atoms with Crippen LogP contribution in [-0.4, -0.2) is 166 Å². The second-order valence-electron chi connectivity index (χ2n) is 10.7. The Bertz CT molecular complexity index is 991. The molecule has 0 radical (unpaired) electrons. The summed E-state index contributed by atoms with van der Waals surface area (Å²) in [5.74, 6) is -1.98. The summed E-state index contributed by atoms with van der Waals surface area (Å²) >= 11 is 0. The second kappa shape index (κ2) is 13.6. The summed E-state index contributed by atoms with van der Waals surface area (Å²) < 4.78 is 29.1. The monoisotopic (exact) mass is 608 g/mol. The average Bonchev–Trinajstić information content (AvgIpc) is 3.48. The molecule has 0 spiro atoms. The van der Waals surface area contributed by atoms with Gasteiger partial charge >= 0.3 is 0 Å². The van der Waals surface area contributed by atoms with E-state index in [1.54, 1.807) is 0 Å². The van der Waals surface area contributed by atoms with Gasteiger partial charge in [0, 0.05) is 20.9 Å². The lowest BCUT2D eigenvalue weighted by molar-refractivity contribution is -0.339. The van der Waals surface area contributed by atoms with Crippen molar-refractivity contribution in [2.45, 2.75) is 99.5 Å². The van der Waals surface area contributed by atoms with Crippen molar-refractivity contribution in [3.05, 3.63) is 0 Å². The zero-order valence-electron chi connectivity index (χ0n) is 23.2. The van der Waals surface area contributed by atoms with E-state index >= 15 is 0 Å². The standard InChI is InChI=1S/C24H40N4O14/c1-7(32)26-13-16(35)15(34)10(5-30)38-22(13)41-21-11(6-31)39-23(14(18(21)37)27-8(2)33)40-20-9(4-29)19-12(17(20)36)28-24(25-3)42-19/h9-23,29-31,34-37H,4-6H2,1-3H3,(H,25,28)(H,26,32)(H,27,33)/t9-,10+,11+,12+,13+,14+,15+,16-,17+,18-,19-,20+,21+,22-,23-/m0/s1. The average molecular weight is 609 g/mol. The number of rotatable bonds is 9. The highest BCUT2D eigenvalue weighted by molar-refractivity contribution is 5.76. The SMILES string of the molecule is CN=C1N[C@@H]2[C@@H](O)[C@H](O[C@@H]3O[C@H](CO)[C@@H](O[C@@H]4O[C@H](CO)[C@@H](O)[C@@H](O)[C@H]4NC(C)=O)[C@@H](O)[C@H]3NC(C)=O)[C@@H](CO)[C@@H]2O1. The van der Waals surface area contributed by atoms with Crippen molar-refractivity contribution >= 4 is 17.8 Å². The Morgan fingerprint density at radius 3 is 1.88 bits per heavy atom. The minimum absolute atomic E-state index is 0.185. The van der Waals surface area contributed by atoms with Crippen LogP contribution in [-0.2, 0) is 33.3 Å². The van der Waals surface area contributed by atoms with E-state index < -0.39 is 123 Å². The number of hydrogen-bond acceptors (Lipinski definition) is 15. The molecule has 18 heteroatoms. The second-order valence-corrected chi connectivity index (χ2v) is 10.7. The van der Waals surface area contributed by atoms with Crippen molar-refractivity contribution in [1.29, 1.82) is 0 Å². The molecule has 4 rings (SSSR count). The molecule has 4 fully saturated rings. The van der Waals surface area contributed by atoms with Crippen LogP contribution in [0.3, 0.4) is 0 Å². The van der Waals surface area contributed by atoms with Gasteiger partial charge in [-0.15, -0.1) is 0 Å². The fourth-order valence-electron chi connectivity index (χ4n) is 5.88. The molecule has 0 aromatic rings. The quantitative estimate of drug-likeness (QED) is 0.117. The zero-order valence-corrected chi connectivity index (χ0v) is 23.2. The summed E-state index contributed by atoms with van der Waals surface area (Å²) in [6, 6.07) is -3.21. The van der Waals surface area contributed by atoms with Gasteiger partial charge in [-0.05, 0) is 0 Å². The summed E-state index contributed by atoms with van der Waals surface area (Å²) in [6.45, 7) is 0.404. The zero-order chi connectivity index (χ0) is 30.9. The predicted molar refractivity (Wildman–Crippen MR) is 136 cm³/mol. The molecule has 240 valence electrons. The molecule has 3 heterocycles. The Kier molecular flexibility index (Phi) is 10.6. The van der Waals surface area contributed by atoms with Crippen LogP contribution in [0.2, 0.25) is 0 Å². The van der Waals surface area contributed by atoms with Crippen molar-refractivity contribution in [3.63, 3.8) is 0 Å². The first-order valence-corrected chi connectivity index (χ1v) is 13.6. The lowest BCUT2D eigenvalue weighted by Crippen LogP contribution is -2.69. The summed E-state index contributed by atoms with van der Waals surface area (Å²) in [4.78, 5) is 27.8. The number of aliphatic imine (C=N–C) groups is 1. The van der Waals surface area contributed by atoms with E-state index in [-0.39, 0.29) is 6.02 Å². The number of amides is 2. The van der Waals surface area contributed by atoms with Crippen LogP contribution >= 0.6 is 0 Å². The Balaban J connectivity index is 1.57. The van der Waals surface area contributed by atoms with Crippen LogP contribution in [0.25, 0.3) is 0 Å². The van der Waals surface area contributed by atoms with Crippen LogP contribution in [0.15, 0.2) is 4.99 Å². The van der Waals surface area contributed by atoms with Gasteiger partial charge in [-0.2, -0.15) is 0 Å². The van der Waals surface area contributed by atoms with Crippen molar-refractivity contribution < 1.29 is 69.0 Å². The van der Waals surface area contributed by atoms with E-state index in [4.69, 9.17) is 23.7 Å². The topological polar surface area (TPSA) is 270 Å². The van der Waals surface area contributed by atoms with Gasteiger partial charge in [0.1, 0.15) is 60.9 Å². The van der Waals surface area contributed by atoms with E-state index in [0.717, 1.165) is 6.92 Å². The van der Waals surface area contributed by atoms with Gasteiger partial charge < -0.3 is 75.4 Å². The molecule has 1 aliphatic carbocycles. The maximum absolute atomic E-state index is 12.1. The van der Waals surface area contributed by atoms with Gasteiger partial charge in [-0.3, -0.25) is 9.59 Å². The van der Waals surface area contributed by atoms with E-state index in [1.165, 1.54) is 14.0 Å². The maximum atomic E-state index is 12.1. The van der Waals surface area contributed by atoms with Gasteiger partial charge in [-0.25, -0.2) is 4.99 Å². The van der Waals surface area contributed by atoms with Crippen LogP contribution in [0, 0.1) is 5.92 Å². The molecule has 1 saturated carbocycles.